The lowest BCUT2D eigenvalue weighted by Gasteiger charge is -2.21. The fourth-order valence-electron chi connectivity index (χ4n) is 1.53. The van der Waals surface area contributed by atoms with Crippen LogP contribution in [-0.2, 0) is 9.57 Å². The number of hydrogen-bond donors (Lipinski definition) is 1. The number of carbonyl (C=O) groups excluding carboxylic acids is 2. The molecule has 8 nitrogen and oxygen atoms in total. The Morgan fingerprint density at radius 2 is 1.96 bits per heavy atom. The normalized spacial score (nSPS) is 11.2. The van der Waals surface area contributed by atoms with Crippen molar-refractivity contribution in [3.63, 3.8) is 0 Å². The Labute approximate surface area is 136 Å². The first-order valence-electron chi connectivity index (χ1n) is 7.44. The van der Waals surface area contributed by atoms with Crippen LogP contribution in [0.5, 0.6) is 0 Å². The summed E-state index contributed by atoms with van der Waals surface area (Å²) in [5.41, 5.74) is 0.301. The van der Waals surface area contributed by atoms with Crippen molar-refractivity contribution < 1.29 is 19.2 Å². The van der Waals surface area contributed by atoms with Gasteiger partial charge >= 0.3 is 12.1 Å². The third-order valence-corrected chi connectivity index (χ3v) is 2.58. The zero-order valence-electron chi connectivity index (χ0n) is 14.3. The van der Waals surface area contributed by atoms with Gasteiger partial charge in [-0.15, -0.1) is 5.06 Å². The van der Waals surface area contributed by atoms with Crippen molar-refractivity contribution in [2.75, 3.05) is 19.6 Å². The van der Waals surface area contributed by atoms with Crippen molar-refractivity contribution in [3.05, 3.63) is 23.8 Å². The summed E-state index contributed by atoms with van der Waals surface area (Å²) < 4.78 is 5.12. The maximum atomic E-state index is 11.9. The molecule has 1 N–H and O–H groups in total. The van der Waals surface area contributed by atoms with Crippen LogP contribution in [-0.4, -0.2) is 52.3 Å². The van der Waals surface area contributed by atoms with E-state index in [2.05, 4.69) is 15.3 Å². The minimum atomic E-state index is -0.586. The number of rotatable bonds is 6. The molecule has 1 aromatic rings. The summed E-state index contributed by atoms with van der Waals surface area (Å²) >= 11 is 0. The van der Waals surface area contributed by atoms with Crippen LogP contribution >= 0.6 is 0 Å². The summed E-state index contributed by atoms with van der Waals surface area (Å²) in [6, 6.07) is 0. The van der Waals surface area contributed by atoms with Gasteiger partial charge in [0.05, 0.1) is 18.4 Å². The quantitative estimate of drug-likeness (QED) is 0.796. The van der Waals surface area contributed by atoms with Crippen LogP contribution in [0.25, 0.3) is 0 Å². The van der Waals surface area contributed by atoms with Gasteiger partial charge in [-0.25, -0.2) is 14.6 Å². The summed E-state index contributed by atoms with van der Waals surface area (Å²) in [6.07, 6.45) is 2.35. The number of hydroxylamine groups is 2. The van der Waals surface area contributed by atoms with Crippen LogP contribution in [0, 0.1) is 6.92 Å². The molecule has 1 rings (SSSR count). The third-order valence-electron chi connectivity index (χ3n) is 2.58. The molecule has 0 unspecified atom stereocenters. The Hall–Kier alpha value is -2.22. The number of aryl methyl sites for hydroxylation is 1. The number of aromatic nitrogens is 2. The molecule has 0 aliphatic carbocycles. The van der Waals surface area contributed by atoms with E-state index in [4.69, 9.17) is 9.57 Å². The highest BCUT2D eigenvalue weighted by Crippen LogP contribution is 2.06. The van der Waals surface area contributed by atoms with Crippen molar-refractivity contribution >= 4 is 12.1 Å². The van der Waals surface area contributed by atoms with E-state index < -0.39 is 17.7 Å². The minimum Gasteiger partial charge on any atom is -0.444 e. The highest BCUT2D eigenvalue weighted by molar-refractivity contribution is 5.86. The SMILES string of the molecule is CCN(CCNC(=O)OC(C)(C)C)OC(=O)c1cnc(C)cn1. The molecule has 128 valence electrons. The Morgan fingerprint density at radius 1 is 1.26 bits per heavy atom. The predicted molar refractivity (Wildman–Crippen MR) is 83.7 cm³/mol. The molecule has 1 heterocycles. The van der Waals surface area contributed by atoms with Crippen LogP contribution < -0.4 is 5.32 Å². The molecule has 0 aliphatic rings. The number of carbonyl (C=O) groups is 2. The molecular formula is C15H24N4O4. The van der Waals surface area contributed by atoms with Crippen LogP contribution in [0.2, 0.25) is 0 Å². The molecule has 0 bridgehead atoms. The van der Waals surface area contributed by atoms with Gasteiger partial charge in [-0.05, 0) is 34.6 Å². The maximum absolute atomic E-state index is 11.9. The van der Waals surface area contributed by atoms with E-state index in [9.17, 15) is 9.59 Å². The van der Waals surface area contributed by atoms with Gasteiger partial charge in [-0.3, -0.25) is 4.98 Å². The van der Waals surface area contributed by atoms with Crippen molar-refractivity contribution in [3.8, 4) is 0 Å². The van der Waals surface area contributed by atoms with Gasteiger partial charge in [0.2, 0.25) is 0 Å². The number of likely N-dealkylation sites (N-methyl/N-ethyl adjacent to an activating group) is 1. The second-order valence-electron chi connectivity index (χ2n) is 5.87. The molecule has 0 atom stereocenters. The van der Waals surface area contributed by atoms with E-state index in [1.54, 1.807) is 27.7 Å². The fourth-order valence-corrected chi connectivity index (χ4v) is 1.53. The first-order chi connectivity index (χ1) is 10.7. The number of nitrogens with zero attached hydrogens (tertiary/aromatic N) is 3. The average molecular weight is 324 g/mol. The number of hydrogen-bond acceptors (Lipinski definition) is 7. The van der Waals surface area contributed by atoms with Gasteiger partial charge in [-0.1, -0.05) is 0 Å². The van der Waals surface area contributed by atoms with Gasteiger partial charge in [0, 0.05) is 19.3 Å². The lowest BCUT2D eigenvalue weighted by atomic mass is 10.2. The molecule has 1 amide bonds. The van der Waals surface area contributed by atoms with Gasteiger partial charge in [0.15, 0.2) is 5.69 Å². The van der Waals surface area contributed by atoms with Crippen LogP contribution in [0.4, 0.5) is 4.79 Å². The predicted octanol–water partition coefficient (Wildman–Crippen LogP) is 1.70. The monoisotopic (exact) mass is 324 g/mol. The number of alkyl carbamates (subject to hydrolysis) is 1. The summed E-state index contributed by atoms with van der Waals surface area (Å²) in [6.45, 7) is 10.1. The molecular weight excluding hydrogens is 300 g/mol. The zero-order chi connectivity index (χ0) is 17.5. The molecule has 0 fully saturated rings. The molecule has 0 spiro atoms. The van der Waals surface area contributed by atoms with E-state index in [-0.39, 0.29) is 12.2 Å². The average Bonchev–Trinajstić information content (AvgIpc) is 2.44. The Morgan fingerprint density at radius 3 is 2.48 bits per heavy atom. The second kappa shape index (κ2) is 8.42. The highest BCUT2D eigenvalue weighted by Gasteiger charge is 2.17. The highest BCUT2D eigenvalue weighted by atomic mass is 16.7. The molecule has 0 aliphatic heterocycles. The first-order valence-corrected chi connectivity index (χ1v) is 7.44. The summed E-state index contributed by atoms with van der Waals surface area (Å²) in [7, 11) is 0. The van der Waals surface area contributed by atoms with Gasteiger partial charge in [-0.2, -0.15) is 0 Å². The Bertz CT molecular complexity index is 525. The van der Waals surface area contributed by atoms with Gasteiger partial charge < -0.3 is 14.9 Å². The smallest absolute Gasteiger partial charge is 0.407 e. The van der Waals surface area contributed by atoms with Crippen molar-refractivity contribution in [1.29, 1.82) is 0 Å². The molecule has 0 aromatic carbocycles. The van der Waals surface area contributed by atoms with E-state index in [0.717, 1.165) is 5.69 Å². The Kier molecular flexibility index (Phi) is 6.89. The van der Waals surface area contributed by atoms with Crippen molar-refractivity contribution in [2.24, 2.45) is 0 Å². The largest absolute Gasteiger partial charge is 0.444 e. The topological polar surface area (TPSA) is 93.7 Å². The van der Waals surface area contributed by atoms with Crippen molar-refractivity contribution in [1.82, 2.24) is 20.3 Å². The van der Waals surface area contributed by atoms with E-state index in [0.29, 0.717) is 13.1 Å². The lowest BCUT2D eigenvalue weighted by molar-refractivity contribution is -0.105. The number of amides is 1. The maximum Gasteiger partial charge on any atom is 0.407 e. The molecule has 0 saturated carbocycles. The standard InChI is InChI=1S/C15H24N4O4/c1-6-19(8-7-16-14(21)22-15(3,4)5)23-13(20)12-10-17-11(2)9-18-12/h9-10H,6-8H2,1-5H3,(H,16,21). The fraction of sp³-hybridized carbons (Fsp3) is 0.600. The summed E-state index contributed by atoms with van der Waals surface area (Å²) in [4.78, 5) is 36.6. The summed E-state index contributed by atoms with van der Waals surface area (Å²) in [5.74, 6) is -0.586. The van der Waals surface area contributed by atoms with Gasteiger partial charge in [0.1, 0.15) is 5.60 Å². The van der Waals surface area contributed by atoms with Gasteiger partial charge in [0.25, 0.3) is 0 Å². The second-order valence-corrected chi connectivity index (χ2v) is 5.87. The third kappa shape index (κ3) is 7.55. The van der Waals surface area contributed by atoms with Crippen LogP contribution in [0.1, 0.15) is 43.9 Å². The molecule has 23 heavy (non-hydrogen) atoms. The lowest BCUT2D eigenvalue weighted by Crippen LogP contribution is -2.38. The van der Waals surface area contributed by atoms with E-state index in [1.165, 1.54) is 17.5 Å². The summed E-state index contributed by atoms with van der Waals surface area (Å²) in [5, 5.41) is 4.03. The van der Waals surface area contributed by atoms with E-state index >= 15 is 0 Å². The zero-order valence-corrected chi connectivity index (χ0v) is 14.3. The first kappa shape index (κ1) is 18.8. The van der Waals surface area contributed by atoms with Crippen LogP contribution in [0.3, 0.4) is 0 Å². The number of ether oxygens (including phenoxy) is 1. The van der Waals surface area contributed by atoms with E-state index in [1.807, 2.05) is 6.92 Å². The molecule has 0 saturated heterocycles. The molecule has 8 heteroatoms. The minimum absolute atomic E-state index is 0.133. The van der Waals surface area contributed by atoms with Crippen LogP contribution in [0.15, 0.2) is 12.4 Å². The number of nitrogens with one attached hydrogen (secondary N) is 1. The Balaban J connectivity index is 2.41. The molecule has 0 radical (unpaired) electrons. The van der Waals surface area contributed by atoms with Crippen molar-refractivity contribution in [2.45, 2.75) is 40.2 Å². The molecule has 1 aromatic heterocycles.